The topological polar surface area (TPSA) is 102 Å². The number of aromatic nitrogens is 2. The van der Waals surface area contributed by atoms with E-state index in [1.54, 1.807) is 4.90 Å². The van der Waals surface area contributed by atoms with Crippen molar-refractivity contribution in [2.24, 2.45) is 4.99 Å². The summed E-state index contributed by atoms with van der Waals surface area (Å²) in [6.45, 7) is 8.42. The first-order valence-corrected chi connectivity index (χ1v) is 13.3. The van der Waals surface area contributed by atoms with Crippen LogP contribution in [0.2, 0.25) is 0 Å². The number of fused-ring (bicyclic) bond motifs is 1. The minimum absolute atomic E-state index is 0.157. The molecule has 0 fully saturated rings. The summed E-state index contributed by atoms with van der Waals surface area (Å²) in [6.07, 6.45) is -1.14. The molecule has 0 bridgehead atoms. The third-order valence-corrected chi connectivity index (χ3v) is 7.28. The van der Waals surface area contributed by atoms with Crippen molar-refractivity contribution in [2.75, 3.05) is 16.8 Å². The molecule has 0 radical (unpaired) electrons. The van der Waals surface area contributed by atoms with Gasteiger partial charge in [-0.05, 0) is 41.4 Å². The molecule has 1 unspecified atom stereocenters. The lowest BCUT2D eigenvalue weighted by Crippen LogP contribution is -2.47. The van der Waals surface area contributed by atoms with Crippen LogP contribution < -0.4 is 15.5 Å². The van der Waals surface area contributed by atoms with Crippen LogP contribution in [0.25, 0.3) is 5.70 Å². The Labute approximate surface area is 235 Å². The number of aryl methyl sites for hydroxylation is 1. The molecule has 3 N–H and O–H groups in total. The number of nitrogens with zero attached hydrogens (tertiary/aromatic N) is 3. The number of hydrogen-bond acceptors (Lipinski definition) is 5. The molecule has 0 spiro atoms. The highest BCUT2D eigenvalue weighted by molar-refractivity contribution is 9.10. The molecular weight excluding hydrogens is 556 g/mol. The monoisotopic (exact) mass is 582 g/mol. The summed E-state index contributed by atoms with van der Waals surface area (Å²) in [4.78, 5) is 33.5. The molecule has 1 aliphatic rings. The van der Waals surface area contributed by atoms with Crippen molar-refractivity contribution in [1.29, 1.82) is 0 Å². The van der Waals surface area contributed by atoms with E-state index >= 15 is 0 Å². The number of para-hydroxylation sites is 1. The van der Waals surface area contributed by atoms with Gasteiger partial charge in [-0.15, -0.1) is 0 Å². The van der Waals surface area contributed by atoms with E-state index in [0.29, 0.717) is 28.2 Å². The lowest BCUT2D eigenvalue weighted by molar-refractivity contribution is -0.120. The number of benzodiazepines with no additional fused rings is 1. The number of benzene rings is 3. The van der Waals surface area contributed by atoms with Crippen molar-refractivity contribution >= 4 is 50.7 Å². The van der Waals surface area contributed by atoms with Crippen LogP contribution in [0.15, 0.2) is 94.9 Å². The fourth-order valence-electron chi connectivity index (χ4n) is 4.56. The van der Waals surface area contributed by atoms with E-state index in [0.717, 1.165) is 27.9 Å². The molecule has 8 nitrogen and oxygen atoms in total. The molecule has 0 aliphatic carbocycles. The van der Waals surface area contributed by atoms with Crippen molar-refractivity contribution in [1.82, 2.24) is 15.5 Å². The van der Waals surface area contributed by atoms with Crippen molar-refractivity contribution in [2.45, 2.75) is 20.0 Å². The van der Waals surface area contributed by atoms with Crippen LogP contribution in [0, 0.1) is 6.92 Å². The standard InChI is InChI=1S/C30H27BrN6O2/c1-4-37-23-17-11-10-16-22(23)25(20-13-6-5-7-14-20)33-28(30(37)39)34-29(38)26-24(31)27(36-35-26)32-19(3)21-15-9-8-12-18(21)2/h5-17,28H,3-4H2,1-2H3,(H,34,38)(H2,32,35,36). The summed E-state index contributed by atoms with van der Waals surface area (Å²) in [5, 5.41) is 13.0. The predicted molar refractivity (Wildman–Crippen MR) is 158 cm³/mol. The van der Waals surface area contributed by atoms with Gasteiger partial charge in [0.2, 0.25) is 6.17 Å². The lowest BCUT2D eigenvalue weighted by Gasteiger charge is -2.23. The number of nitrogens with one attached hydrogen (secondary N) is 3. The van der Waals surface area contributed by atoms with E-state index in [4.69, 9.17) is 4.99 Å². The van der Waals surface area contributed by atoms with Gasteiger partial charge in [-0.25, -0.2) is 4.99 Å². The number of aromatic amines is 1. The highest BCUT2D eigenvalue weighted by atomic mass is 79.9. The Balaban J connectivity index is 1.45. The van der Waals surface area contributed by atoms with Crippen LogP contribution in [0.1, 0.15) is 39.7 Å². The van der Waals surface area contributed by atoms with Crippen molar-refractivity contribution in [3.8, 4) is 0 Å². The number of H-pyrrole nitrogens is 1. The number of anilines is 2. The first-order valence-electron chi connectivity index (χ1n) is 12.5. The maximum Gasteiger partial charge on any atom is 0.272 e. The summed E-state index contributed by atoms with van der Waals surface area (Å²) in [5.74, 6) is -0.455. The Morgan fingerprint density at radius 3 is 2.49 bits per heavy atom. The molecule has 9 heteroatoms. The second-order valence-electron chi connectivity index (χ2n) is 9.00. The van der Waals surface area contributed by atoms with Gasteiger partial charge in [-0.1, -0.05) is 79.4 Å². The van der Waals surface area contributed by atoms with Crippen LogP contribution in [0.3, 0.4) is 0 Å². The van der Waals surface area contributed by atoms with Gasteiger partial charge in [0.25, 0.3) is 11.8 Å². The fraction of sp³-hybridized carbons (Fsp3) is 0.133. The van der Waals surface area contributed by atoms with Crippen LogP contribution >= 0.6 is 15.9 Å². The van der Waals surface area contributed by atoms with Crippen LogP contribution in [-0.2, 0) is 4.79 Å². The molecule has 1 aromatic heterocycles. The highest BCUT2D eigenvalue weighted by Gasteiger charge is 2.33. The third-order valence-electron chi connectivity index (χ3n) is 6.51. The number of aliphatic imine (C=N–C) groups is 1. The minimum atomic E-state index is -1.14. The smallest absolute Gasteiger partial charge is 0.272 e. The van der Waals surface area contributed by atoms with E-state index in [1.807, 2.05) is 92.7 Å². The third kappa shape index (κ3) is 5.13. The zero-order valence-corrected chi connectivity index (χ0v) is 23.1. The Bertz CT molecular complexity index is 1590. The summed E-state index contributed by atoms with van der Waals surface area (Å²) in [7, 11) is 0. The molecule has 39 heavy (non-hydrogen) atoms. The largest absolute Gasteiger partial charge is 0.338 e. The number of rotatable bonds is 7. The van der Waals surface area contributed by atoms with Crippen molar-refractivity contribution < 1.29 is 9.59 Å². The van der Waals surface area contributed by atoms with E-state index in [2.05, 4.69) is 43.3 Å². The van der Waals surface area contributed by atoms with Gasteiger partial charge in [0.1, 0.15) is 5.69 Å². The van der Waals surface area contributed by atoms with E-state index in [1.165, 1.54) is 0 Å². The van der Waals surface area contributed by atoms with Crippen LogP contribution in [0.5, 0.6) is 0 Å². The molecule has 0 saturated carbocycles. The average Bonchev–Trinajstić information content (AvgIpc) is 3.26. The molecule has 2 heterocycles. The number of carbonyl (C=O) groups is 2. The van der Waals surface area contributed by atoms with Gasteiger partial charge in [-0.2, -0.15) is 5.10 Å². The summed E-state index contributed by atoms with van der Waals surface area (Å²) in [6, 6.07) is 25.1. The molecular formula is C30H27BrN6O2. The number of amides is 2. The molecule has 0 saturated heterocycles. The Kier molecular flexibility index (Phi) is 7.42. The van der Waals surface area contributed by atoms with Crippen molar-refractivity contribution in [3.63, 3.8) is 0 Å². The van der Waals surface area contributed by atoms with Gasteiger partial charge in [0.05, 0.1) is 15.9 Å². The number of likely N-dealkylation sites (N-methyl/N-ethyl adjacent to an activating group) is 1. The SMILES string of the molecule is C=C(Nc1n[nH]c(C(=O)NC2N=C(c3ccccc3)c3ccccc3N(CC)C2=O)c1Br)c1ccccc1C. The maximum absolute atomic E-state index is 13.6. The fourth-order valence-corrected chi connectivity index (χ4v) is 5.01. The van der Waals surface area contributed by atoms with Gasteiger partial charge >= 0.3 is 0 Å². The second kappa shape index (κ2) is 11.1. The first kappa shape index (κ1) is 26.1. The quantitative estimate of drug-likeness (QED) is 0.267. The summed E-state index contributed by atoms with van der Waals surface area (Å²) in [5.41, 5.74) is 5.82. The van der Waals surface area contributed by atoms with E-state index < -0.39 is 12.1 Å². The Morgan fingerprint density at radius 1 is 1.05 bits per heavy atom. The molecule has 1 aliphatic heterocycles. The maximum atomic E-state index is 13.6. The Hall–Kier alpha value is -4.50. The van der Waals surface area contributed by atoms with Crippen LogP contribution in [0.4, 0.5) is 11.5 Å². The molecule has 196 valence electrons. The number of carbonyl (C=O) groups excluding carboxylic acids is 2. The van der Waals surface area contributed by atoms with Crippen molar-refractivity contribution in [3.05, 3.63) is 118 Å². The van der Waals surface area contributed by atoms with Gasteiger partial charge < -0.3 is 15.5 Å². The van der Waals surface area contributed by atoms with Gasteiger partial charge in [0, 0.05) is 28.9 Å². The van der Waals surface area contributed by atoms with E-state index in [9.17, 15) is 9.59 Å². The zero-order chi connectivity index (χ0) is 27.5. The van der Waals surface area contributed by atoms with Gasteiger partial charge in [0.15, 0.2) is 5.82 Å². The highest BCUT2D eigenvalue weighted by Crippen LogP contribution is 2.30. The van der Waals surface area contributed by atoms with Gasteiger partial charge in [-0.3, -0.25) is 14.7 Å². The molecule has 2 amide bonds. The normalized spacial score (nSPS) is 14.7. The average molecular weight is 583 g/mol. The summed E-state index contributed by atoms with van der Waals surface area (Å²) < 4.78 is 0.415. The minimum Gasteiger partial charge on any atom is -0.338 e. The zero-order valence-electron chi connectivity index (χ0n) is 21.5. The van der Waals surface area contributed by atoms with Crippen LogP contribution in [-0.4, -0.2) is 40.4 Å². The Morgan fingerprint density at radius 2 is 1.74 bits per heavy atom. The van der Waals surface area contributed by atoms with E-state index in [-0.39, 0.29) is 11.6 Å². The predicted octanol–water partition coefficient (Wildman–Crippen LogP) is 5.52. The molecule has 3 aromatic carbocycles. The second-order valence-corrected chi connectivity index (χ2v) is 9.79. The summed E-state index contributed by atoms with van der Waals surface area (Å²) >= 11 is 3.47. The number of halogens is 1. The first-order chi connectivity index (χ1) is 18.9. The molecule has 5 rings (SSSR count). The lowest BCUT2D eigenvalue weighted by atomic mass is 10.0. The number of hydrogen-bond donors (Lipinski definition) is 3. The molecule has 1 atom stereocenters. The molecule has 4 aromatic rings.